The van der Waals surface area contributed by atoms with Gasteiger partial charge in [-0.15, -0.1) is 0 Å². The van der Waals surface area contributed by atoms with E-state index in [0.717, 1.165) is 22.0 Å². The van der Waals surface area contributed by atoms with Gasteiger partial charge in [0, 0.05) is 17.1 Å². The summed E-state index contributed by atoms with van der Waals surface area (Å²) in [6, 6.07) is 4.86. The average Bonchev–Trinajstić information content (AvgIpc) is 3.03. The Balaban J connectivity index is 1.98. The van der Waals surface area contributed by atoms with Crippen LogP contribution in [0, 0.1) is 12.7 Å². The van der Waals surface area contributed by atoms with E-state index >= 15 is 0 Å². The third-order valence-corrected chi connectivity index (χ3v) is 5.37. The molecule has 1 aromatic carbocycles. The number of pyridine rings is 1. The van der Waals surface area contributed by atoms with Gasteiger partial charge in [-0.1, -0.05) is 19.4 Å². The Kier molecular flexibility index (Phi) is 4.06. The Morgan fingerprint density at radius 1 is 1.31 bits per heavy atom. The first-order valence-electron chi connectivity index (χ1n) is 8.50. The van der Waals surface area contributed by atoms with E-state index in [1.165, 1.54) is 6.07 Å². The number of rotatable bonds is 2. The molecule has 0 N–H and O–H groups in total. The molecule has 3 aromatic rings. The van der Waals surface area contributed by atoms with Crippen LogP contribution in [0.3, 0.4) is 0 Å². The molecular formula is C19H18BrFN4O. The SMILES string of the molecule is CCCC1(C)N=C(n2cnc3c(C)c(Br)cnc32)c2cccc(F)c2O1. The molecule has 3 heterocycles. The molecule has 26 heavy (non-hydrogen) atoms. The van der Waals surface area contributed by atoms with Crippen LogP contribution < -0.4 is 4.74 Å². The number of imidazole rings is 1. The van der Waals surface area contributed by atoms with Gasteiger partial charge in [0.05, 0.1) is 5.56 Å². The zero-order valence-electron chi connectivity index (χ0n) is 14.8. The molecule has 5 nitrogen and oxygen atoms in total. The molecule has 0 saturated carbocycles. The van der Waals surface area contributed by atoms with E-state index in [9.17, 15) is 4.39 Å². The molecule has 0 bridgehead atoms. The number of para-hydroxylation sites is 1. The van der Waals surface area contributed by atoms with Crippen molar-refractivity contribution in [3.63, 3.8) is 0 Å². The molecule has 1 unspecified atom stereocenters. The first-order chi connectivity index (χ1) is 12.4. The second-order valence-electron chi connectivity index (χ2n) is 6.60. The Hall–Kier alpha value is -2.28. The first kappa shape index (κ1) is 17.1. The molecule has 4 rings (SSSR count). The Morgan fingerprint density at radius 2 is 2.12 bits per heavy atom. The zero-order chi connectivity index (χ0) is 18.5. The highest BCUT2D eigenvalue weighted by Gasteiger charge is 2.34. The maximum absolute atomic E-state index is 14.5. The standard InChI is InChI=1S/C19H18BrFN4O/c1-4-8-19(3)24-17(12-6-5-7-14(21)16(12)26-19)25-10-23-15-11(2)13(20)9-22-18(15)25/h5-7,9-10H,4,8H2,1-3H3. The topological polar surface area (TPSA) is 52.3 Å². The average molecular weight is 417 g/mol. The van der Waals surface area contributed by atoms with Crippen molar-refractivity contribution in [2.75, 3.05) is 0 Å². The lowest BCUT2D eigenvalue weighted by Gasteiger charge is -2.33. The fourth-order valence-electron chi connectivity index (χ4n) is 3.28. The molecule has 0 fully saturated rings. The largest absolute Gasteiger partial charge is 0.463 e. The number of fused-ring (bicyclic) bond motifs is 2. The zero-order valence-corrected chi connectivity index (χ0v) is 16.3. The molecule has 134 valence electrons. The van der Waals surface area contributed by atoms with Gasteiger partial charge in [0.15, 0.2) is 22.9 Å². The van der Waals surface area contributed by atoms with Gasteiger partial charge < -0.3 is 4.74 Å². The fourth-order valence-corrected chi connectivity index (χ4v) is 3.57. The minimum atomic E-state index is -0.833. The summed E-state index contributed by atoms with van der Waals surface area (Å²) in [6.07, 6.45) is 4.97. The quantitative estimate of drug-likeness (QED) is 0.600. The van der Waals surface area contributed by atoms with Gasteiger partial charge in [-0.2, -0.15) is 0 Å². The van der Waals surface area contributed by atoms with Gasteiger partial charge in [0.25, 0.3) is 0 Å². The summed E-state index contributed by atoms with van der Waals surface area (Å²) in [7, 11) is 0. The number of hydrogen-bond acceptors (Lipinski definition) is 4. The van der Waals surface area contributed by atoms with Crippen molar-refractivity contribution in [1.29, 1.82) is 0 Å². The summed E-state index contributed by atoms with van der Waals surface area (Å²) in [4.78, 5) is 13.8. The van der Waals surface area contributed by atoms with E-state index in [1.807, 2.05) is 18.4 Å². The van der Waals surface area contributed by atoms with Gasteiger partial charge in [-0.05, 0) is 47.5 Å². The summed E-state index contributed by atoms with van der Waals surface area (Å²) in [5, 5.41) is 0. The molecule has 1 atom stereocenters. The van der Waals surface area contributed by atoms with Crippen LogP contribution in [0.2, 0.25) is 0 Å². The molecule has 1 aliphatic heterocycles. The second kappa shape index (κ2) is 6.16. The summed E-state index contributed by atoms with van der Waals surface area (Å²) in [6.45, 7) is 5.90. The van der Waals surface area contributed by atoms with E-state index in [2.05, 4.69) is 32.8 Å². The maximum Gasteiger partial charge on any atom is 0.199 e. The number of benzene rings is 1. The summed E-state index contributed by atoms with van der Waals surface area (Å²) in [5.74, 6) is 0.427. The summed E-state index contributed by atoms with van der Waals surface area (Å²) >= 11 is 3.48. The van der Waals surface area contributed by atoms with Crippen LogP contribution in [-0.4, -0.2) is 26.1 Å². The van der Waals surface area contributed by atoms with Crippen molar-refractivity contribution in [2.24, 2.45) is 4.99 Å². The van der Waals surface area contributed by atoms with Gasteiger partial charge in [-0.3, -0.25) is 4.57 Å². The van der Waals surface area contributed by atoms with Crippen LogP contribution in [0.15, 0.2) is 40.2 Å². The predicted molar refractivity (Wildman–Crippen MR) is 102 cm³/mol. The van der Waals surface area contributed by atoms with E-state index in [0.29, 0.717) is 23.5 Å². The summed E-state index contributed by atoms with van der Waals surface area (Å²) < 4.78 is 23.1. The molecule has 7 heteroatoms. The van der Waals surface area contributed by atoms with Crippen LogP contribution in [0.4, 0.5) is 4.39 Å². The van der Waals surface area contributed by atoms with Gasteiger partial charge in [-0.25, -0.2) is 19.4 Å². The minimum absolute atomic E-state index is 0.226. The molecule has 2 aromatic heterocycles. The molecule has 1 aliphatic rings. The molecule has 0 saturated heterocycles. The number of halogens is 2. The first-order valence-corrected chi connectivity index (χ1v) is 9.29. The number of aromatic nitrogens is 3. The molecule has 0 amide bonds. The highest BCUT2D eigenvalue weighted by molar-refractivity contribution is 9.10. The predicted octanol–water partition coefficient (Wildman–Crippen LogP) is 4.84. The van der Waals surface area contributed by atoms with E-state index in [1.54, 1.807) is 24.7 Å². The van der Waals surface area contributed by atoms with Crippen molar-refractivity contribution in [3.8, 4) is 5.75 Å². The van der Waals surface area contributed by atoms with Crippen molar-refractivity contribution >= 4 is 32.9 Å². The van der Waals surface area contributed by atoms with Crippen molar-refractivity contribution in [3.05, 3.63) is 52.1 Å². The van der Waals surface area contributed by atoms with Crippen LogP contribution >= 0.6 is 15.9 Å². The van der Waals surface area contributed by atoms with E-state index in [4.69, 9.17) is 9.73 Å². The second-order valence-corrected chi connectivity index (χ2v) is 7.45. The van der Waals surface area contributed by atoms with Crippen molar-refractivity contribution in [2.45, 2.75) is 39.3 Å². The van der Waals surface area contributed by atoms with Crippen molar-refractivity contribution in [1.82, 2.24) is 14.5 Å². The Labute approximate surface area is 159 Å². The minimum Gasteiger partial charge on any atom is -0.463 e. The highest BCUT2D eigenvalue weighted by Crippen LogP contribution is 2.36. The highest BCUT2D eigenvalue weighted by atomic mass is 79.9. The normalized spacial score (nSPS) is 19.2. The van der Waals surface area contributed by atoms with Crippen LogP contribution in [0.5, 0.6) is 5.75 Å². The lowest BCUT2D eigenvalue weighted by molar-refractivity contribution is 0.0780. The molecule has 0 radical (unpaired) electrons. The molecule has 0 aliphatic carbocycles. The monoisotopic (exact) mass is 416 g/mol. The Bertz CT molecular complexity index is 1050. The van der Waals surface area contributed by atoms with Crippen LogP contribution in [-0.2, 0) is 0 Å². The number of hydrogen-bond donors (Lipinski definition) is 0. The number of nitrogens with zero attached hydrogens (tertiary/aromatic N) is 4. The third kappa shape index (κ3) is 2.61. The van der Waals surface area contributed by atoms with Gasteiger partial charge in [0.1, 0.15) is 17.7 Å². The smallest absolute Gasteiger partial charge is 0.199 e. The number of aliphatic imine (C=N–C) groups is 1. The third-order valence-electron chi connectivity index (χ3n) is 4.57. The molecular weight excluding hydrogens is 399 g/mol. The van der Waals surface area contributed by atoms with E-state index < -0.39 is 11.5 Å². The van der Waals surface area contributed by atoms with Crippen LogP contribution in [0.1, 0.15) is 37.8 Å². The molecule has 0 spiro atoms. The lowest BCUT2D eigenvalue weighted by atomic mass is 10.1. The van der Waals surface area contributed by atoms with Crippen LogP contribution in [0.25, 0.3) is 11.2 Å². The fraction of sp³-hybridized carbons (Fsp3) is 0.316. The van der Waals surface area contributed by atoms with E-state index in [-0.39, 0.29) is 5.75 Å². The van der Waals surface area contributed by atoms with Gasteiger partial charge >= 0.3 is 0 Å². The number of aryl methyl sites for hydroxylation is 1. The summed E-state index contributed by atoms with van der Waals surface area (Å²) in [5.41, 5.74) is 2.22. The van der Waals surface area contributed by atoms with Crippen molar-refractivity contribution < 1.29 is 9.13 Å². The Morgan fingerprint density at radius 3 is 2.88 bits per heavy atom. The van der Waals surface area contributed by atoms with Gasteiger partial charge in [0.2, 0.25) is 0 Å². The maximum atomic E-state index is 14.5. The lowest BCUT2D eigenvalue weighted by Crippen LogP contribution is -2.37. The number of ether oxygens (including phenoxy) is 1.